The quantitative estimate of drug-likeness (QED) is 0.00365. The number of nitrogens with zero attached hydrogens (tertiary/aromatic N) is 2. The zero-order valence-corrected chi connectivity index (χ0v) is 79.2. The lowest BCUT2D eigenvalue weighted by atomic mass is 9.96. The number of aliphatic carboxylic acids is 1. The van der Waals surface area contributed by atoms with E-state index in [2.05, 4.69) is 60.4 Å². The Hall–Kier alpha value is -11.2. The number of ketones is 8. The van der Waals surface area contributed by atoms with Crippen LogP contribution in [-0.2, 0) is 68.7 Å². The largest absolute Gasteiger partial charge is 0.508 e. The number of methoxy groups -OCH3 is 1. The summed E-state index contributed by atoms with van der Waals surface area (Å²) in [6, 6.07) is 28.4. The van der Waals surface area contributed by atoms with Gasteiger partial charge in [-0.05, 0) is 141 Å². The second kappa shape index (κ2) is 64.6. The van der Waals surface area contributed by atoms with Gasteiger partial charge in [0.05, 0.1) is 70.2 Å². The Balaban J connectivity index is -0.00000137. The number of phenols is 1. The third-order valence-corrected chi connectivity index (χ3v) is 17.5. The maximum absolute atomic E-state index is 12.2. The molecular formula is C98H146N7O21+. The predicted molar refractivity (Wildman–Crippen MR) is 493 cm³/mol. The van der Waals surface area contributed by atoms with Crippen LogP contribution >= 0.6 is 0 Å². The summed E-state index contributed by atoms with van der Waals surface area (Å²) in [6.45, 7) is 41.4. The smallest absolute Gasteiger partial charge is 0.349 e. The van der Waals surface area contributed by atoms with Gasteiger partial charge in [-0.2, -0.15) is 5.90 Å². The molecule has 1 unspecified atom stereocenters. The first-order valence-electron chi connectivity index (χ1n) is 42.5. The minimum absolute atomic E-state index is 0.0214. The summed E-state index contributed by atoms with van der Waals surface area (Å²) in [7, 11) is 7.96. The van der Waals surface area contributed by atoms with E-state index in [-0.39, 0.29) is 106 Å². The molecule has 0 aliphatic rings. The molecule has 0 spiro atoms. The molecule has 0 saturated heterocycles. The number of fused-ring (bicyclic) bond motifs is 1. The number of H-pyrrole nitrogens is 1. The van der Waals surface area contributed by atoms with Crippen molar-refractivity contribution in [3.05, 3.63) is 179 Å². The number of para-hydroxylation sites is 2. The fourth-order valence-electron chi connectivity index (χ4n) is 9.88. The number of nitrogens with two attached hydrogens (primary N) is 4. The first-order chi connectivity index (χ1) is 58.6. The molecule has 6 rings (SSSR count). The number of phenolic OH excluding ortho intramolecular Hbond substituents is 1. The molecule has 126 heavy (non-hydrogen) atoms. The number of carbonyl (C=O) groups is 14. The number of carboxylic acids is 1. The van der Waals surface area contributed by atoms with E-state index in [0.29, 0.717) is 78.4 Å². The number of rotatable bonds is 36. The van der Waals surface area contributed by atoms with E-state index in [1.165, 1.54) is 27.0 Å². The Labute approximate surface area is 747 Å². The van der Waals surface area contributed by atoms with Crippen molar-refractivity contribution in [2.45, 2.75) is 222 Å². The number of pyridine rings is 1. The first kappa shape index (κ1) is 119. The van der Waals surface area contributed by atoms with Crippen molar-refractivity contribution >= 4 is 93.0 Å². The van der Waals surface area contributed by atoms with Crippen molar-refractivity contribution < 1.29 is 106 Å². The Kier molecular flexibility index (Phi) is 61.0. The van der Waals surface area contributed by atoms with Crippen LogP contribution in [0.3, 0.4) is 0 Å². The SMILES string of the molecule is CC(=O)Oc1ccccc1C(=O)C(C)C.CC(C)C(=O)/C=C/C(=O)ON.CC(C)C(=O)C(N)CCC(=O)O.CC(C)C(=O)CCCCC(=O)c1cccnc1.CC(C)C(=O)CCCN.CC(C)C(=O)[C@@H](N)Cc1c[nH]c2ccc(O)cc12.CC(C)CC[N+](C)(C)C.COC(=O)/C=C/C(=O)OCC(C)(C)C.Cc1ccccc1C(=O)Oc1ccccc1C(=O)C(C)C. The maximum Gasteiger partial charge on any atom is 0.349 e. The molecule has 11 N–H and O–H groups in total. The fraction of sp³-hybridized carbons (Fsp3) is 0.500. The van der Waals surface area contributed by atoms with Crippen LogP contribution in [0.5, 0.6) is 17.2 Å². The van der Waals surface area contributed by atoms with Gasteiger partial charge in [0.2, 0.25) is 0 Å². The van der Waals surface area contributed by atoms with Crippen molar-refractivity contribution in [3.63, 3.8) is 0 Å². The minimum Gasteiger partial charge on any atom is -0.508 e. The second-order valence-electron chi connectivity index (χ2n) is 34.4. The molecular weight excluding hydrogens is 1610 g/mol. The van der Waals surface area contributed by atoms with Gasteiger partial charge in [0.15, 0.2) is 34.7 Å². The maximum atomic E-state index is 12.2. The standard InChI is InChI=1S/C18H18O3.C14H18N2O2.C14H19NO2.C12H14O3.C10H16O4.C8H15NO3.C8H20N.C7H11NO3.C7H15NO/c1-12(2)17(19)15-10-6-7-11-16(15)21-18(20)14-9-5-4-8-13(14)3;1-8(2)14(18)12(15)5-9-7-16-13-4-3-10(17)6-11(9)13;1-11(2)13(16)7-3-4-8-14(17)12-6-5-9-15-10-12;1-8(2)12(14)10-6-4-5-7-11(10)15-9(3)13;1-10(2,3)7-14-9(12)6-5-8(11)13-4;1-5(2)8(12)6(9)3-4-7(10)11;1-8(2)6-7-9(3,4)5;1-5(2)6(9)3-4-7(10)11-8;1-6(2)7(9)4-3-5-8/h4-12H,1-3H3;3-4,6-8,12,16-17H,5,15H2,1-2H3;5-6,9-11H,3-4,7-8H2,1-2H3;4-8H,1-3H3;5-6H,7H2,1-4H3;5-6H,3-4,9H2,1-2H3,(H,10,11);8H,6-7H2,1-5H3;3-5H,8H2,1-2H3;6H,3-5,8H2,1-2H3/q;;;;;;+1;;/b;;;;6-5+;;;4-3+;/t;12-;;;;;;;/m.0......./s1. The summed E-state index contributed by atoms with van der Waals surface area (Å²) in [4.78, 5) is 168. The third-order valence-electron chi connectivity index (χ3n) is 17.5. The van der Waals surface area contributed by atoms with Gasteiger partial charge in [-0.3, -0.25) is 52.9 Å². The van der Waals surface area contributed by atoms with Gasteiger partial charge >= 0.3 is 35.8 Å². The van der Waals surface area contributed by atoms with Crippen LogP contribution in [0.25, 0.3) is 10.9 Å². The normalized spacial score (nSPS) is 11.3. The van der Waals surface area contributed by atoms with E-state index < -0.39 is 47.9 Å². The van der Waals surface area contributed by atoms with E-state index >= 15 is 0 Å². The number of benzene rings is 4. The number of hydrogen-bond acceptors (Lipinski definition) is 25. The molecule has 28 heteroatoms. The fourth-order valence-corrected chi connectivity index (χ4v) is 9.88. The number of Topliss-reactive ketones (excluding diaryl/α,β-unsaturated/α-hetero) is 7. The van der Waals surface area contributed by atoms with Crippen LogP contribution in [-0.4, -0.2) is 167 Å². The van der Waals surface area contributed by atoms with E-state index in [1.807, 2.05) is 121 Å². The molecule has 0 aliphatic carbocycles. The van der Waals surface area contributed by atoms with Crippen LogP contribution in [0.2, 0.25) is 0 Å². The summed E-state index contributed by atoms with van der Waals surface area (Å²) in [6.07, 6.45) is 15.5. The van der Waals surface area contributed by atoms with Crippen molar-refractivity contribution in [1.29, 1.82) is 0 Å². The lowest BCUT2D eigenvalue weighted by molar-refractivity contribution is -0.870. The minimum atomic E-state index is -0.915. The monoisotopic (exact) mass is 1760 g/mol. The Morgan fingerprint density at radius 1 is 0.548 bits per heavy atom. The van der Waals surface area contributed by atoms with Crippen LogP contribution < -0.4 is 32.6 Å². The predicted octanol–water partition coefficient (Wildman–Crippen LogP) is 16.1. The Morgan fingerprint density at radius 2 is 1.03 bits per heavy atom. The number of carbonyl (C=O) groups excluding carboxylic acids is 13. The number of aromatic nitrogens is 2. The van der Waals surface area contributed by atoms with Crippen molar-refractivity contribution in [3.8, 4) is 17.2 Å². The number of unbranched alkanes of at least 4 members (excludes halogenated alkanes) is 1. The second-order valence-corrected chi connectivity index (χ2v) is 34.4. The molecule has 6 aromatic rings. The summed E-state index contributed by atoms with van der Waals surface area (Å²) in [5.41, 5.74) is 21.3. The molecule has 698 valence electrons. The van der Waals surface area contributed by atoms with Gasteiger partial charge in [-0.25, -0.2) is 19.2 Å². The summed E-state index contributed by atoms with van der Waals surface area (Å²) in [5, 5.41) is 18.7. The number of aromatic amines is 1. The summed E-state index contributed by atoms with van der Waals surface area (Å²) < 4.78 is 20.7. The van der Waals surface area contributed by atoms with Crippen molar-refractivity contribution in [2.24, 2.45) is 75.9 Å². The number of carboxylic acid groups (broad SMARTS) is 1. The zero-order chi connectivity index (χ0) is 97.3. The molecule has 2 heterocycles. The molecule has 4 aromatic carbocycles. The van der Waals surface area contributed by atoms with Gasteiger partial charge < -0.3 is 60.7 Å². The Bertz CT molecular complexity index is 4410. The molecule has 28 nitrogen and oxygen atoms in total. The van der Waals surface area contributed by atoms with Gasteiger partial charge in [0.25, 0.3) is 0 Å². The first-order valence-corrected chi connectivity index (χ1v) is 42.5. The van der Waals surface area contributed by atoms with Gasteiger partial charge in [0.1, 0.15) is 28.8 Å². The molecule has 0 saturated carbocycles. The van der Waals surface area contributed by atoms with Crippen LogP contribution in [0.4, 0.5) is 0 Å². The number of hydrogen-bond donors (Lipinski definition) is 7. The number of ether oxygens (including phenoxy) is 4. The number of esters is 4. The topological polar surface area (TPSA) is 458 Å². The molecule has 0 fully saturated rings. The van der Waals surface area contributed by atoms with E-state index in [4.69, 9.17) is 36.5 Å². The number of allylic oxidation sites excluding steroid dienone is 1. The highest BCUT2D eigenvalue weighted by Gasteiger charge is 2.23. The highest BCUT2D eigenvalue weighted by molar-refractivity contribution is 6.02. The van der Waals surface area contributed by atoms with Crippen molar-refractivity contribution in [2.75, 3.05) is 47.9 Å². The van der Waals surface area contributed by atoms with Crippen LogP contribution in [0.1, 0.15) is 249 Å². The molecule has 2 atom stereocenters. The average Bonchev–Trinajstić information content (AvgIpc) is 1.60. The zero-order valence-electron chi connectivity index (χ0n) is 79.2. The third kappa shape index (κ3) is 56.6. The van der Waals surface area contributed by atoms with E-state index in [1.54, 1.807) is 125 Å². The molecule has 0 bridgehead atoms. The van der Waals surface area contributed by atoms with Crippen LogP contribution in [0.15, 0.2) is 146 Å². The van der Waals surface area contributed by atoms with E-state index in [0.717, 1.165) is 76.0 Å². The highest BCUT2D eigenvalue weighted by Crippen LogP contribution is 2.27. The lowest BCUT2D eigenvalue weighted by Gasteiger charge is -2.24. The average molecular weight is 1760 g/mol. The molecule has 0 amide bonds. The number of nitrogens with one attached hydrogen (secondary N) is 1. The van der Waals surface area contributed by atoms with Gasteiger partial charge in [0, 0.05) is 127 Å². The summed E-state index contributed by atoms with van der Waals surface area (Å²) in [5.74, 6) is 2.85. The molecule has 2 aromatic heterocycles. The van der Waals surface area contributed by atoms with E-state index in [9.17, 15) is 72.2 Å². The highest BCUT2D eigenvalue weighted by atomic mass is 16.7. The lowest BCUT2D eigenvalue weighted by Crippen LogP contribution is -2.35. The molecule has 0 aliphatic heterocycles. The Morgan fingerprint density at radius 3 is 1.46 bits per heavy atom. The molecule has 0 radical (unpaired) electrons. The van der Waals surface area contributed by atoms with Gasteiger partial charge in [-0.1, -0.05) is 174 Å². The number of quaternary nitrogens is 1. The number of aromatic hydroxyl groups is 1. The van der Waals surface area contributed by atoms with Gasteiger partial charge in [-0.15, -0.1) is 0 Å². The summed E-state index contributed by atoms with van der Waals surface area (Å²) >= 11 is 0. The number of aryl methyl sites for hydroxylation is 1. The van der Waals surface area contributed by atoms with Crippen LogP contribution in [0, 0.1) is 59.7 Å². The van der Waals surface area contributed by atoms with Crippen molar-refractivity contribution in [1.82, 2.24) is 9.97 Å².